The molecular formula is C25H32O5. The van der Waals surface area contributed by atoms with E-state index in [9.17, 15) is 9.90 Å². The molecule has 1 heterocycles. The minimum Gasteiger partial charge on any atom is -0.499 e. The average Bonchev–Trinajstić information content (AvgIpc) is 2.70. The van der Waals surface area contributed by atoms with Gasteiger partial charge in [-0.05, 0) is 64.7 Å². The zero-order chi connectivity index (χ0) is 21.9. The molecule has 0 aliphatic carbocycles. The summed E-state index contributed by atoms with van der Waals surface area (Å²) in [6.45, 7) is 9.02. The van der Waals surface area contributed by atoms with Crippen molar-refractivity contribution >= 4 is 11.0 Å². The predicted octanol–water partition coefficient (Wildman–Crippen LogP) is 6.31. The molecule has 0 saturated carbocycles. The molecule has 0 saturated heterocycles. The molecule has 1 aromatic carbocycles. The first-order valence-corrected chi connectivity index (χ1v) is 10.4. The maximum Gasteiger partial charge on any atom is 0.382 e. The number of benzene rings is 1. The van der Waals surface area contributed by atoms with Crippen LogP contribution in [0.4, 0.5) is 0 Å². The Morgan fingerprint density at radius 3 is 2.63 bits per heavy atom. The number of rotatable bonds is 11. The fourth-order valence-electron chi connectivity index (χ4n) is 2.90. The van der Waals surface area contributed by atoms with Gasteiger partial charge in [-0.25, -0.2) is 4.79 Å². The van der Waals surface area contributed by atoms with Crippen molar-refractivity contribution in [3.63, 3.8) is 0 Å². The number of hydrogen-bond donors (Lipinski definition) is 1. The van der Waals surface area contributed by atoms with E-state index in [1.54, 1.807) is 18.2 Å². The van der Waals surface area contributed by atoms with Crippen molar-refractivity contribution in [2.75, 3.05) is 13.2 Å². The van der Waals surface area contributed by atoms with Crippen LogP contribution in [-0.4, -0.2) is 18.3 Å². The first-order valence-electron chi connectivity index (χ1n) is 10.4. The van der Waals surface area contributed by atoms with E-state index < -0.39 is 11.4 Å². The molecule has 0 radical (unpaired) electrons. The molecular weight excluding hydrogens is 380 g/mol. The van der Waals surface area contributed by atoms with Crippen LogP contribution in [0, 0.1) is 0 Å². The summed E-state index contributed by atoms with van der Waals surface area (Å²) in [6, 6.07) is 5.26. The quantitative estimate of drug-likeness (QED) is 0.266. The van der Waals surface area contributed by atoms with Gasteiger partial charge in [-0.1, -0.05) is 42.4 Å². The van der Waals surface area contributed by atoms with Gasteiger partial charge in [0.05, 0.1) is 12.0 Å². The number of para-hydroxylation sites is 1. The molecule has 0 bridgehead atoms. The summed E-state index contributed by atoms with van der Waals surface area (Å²) in [4.78, 5) is 12.1. The van der Waals surface area contributed by atoms with Crippen molar-refractivity contribution in [1.82, 2.24) is 0 Å². The van der Waals surface area contributed by atoms with Crippen LogP contribution in [0.1, 0.15) is 53.4 Å². The lowest BCUT2D eigenvalue weighted by Gasteiger charge is -2.12. The van der Waals surface area contributed by atoms with Crippen molar-refractivity contribution in [3.05, 3.63) is 64.1 Å². The van der Waals surface area contributed by atoms with Gasteiger partial charge in [0.15, 0.2) is 17.1 Å². The molecule has 0 unspecified atom stereocenters. The van der Waals surface area contributed by atoms with Crippen LogP contribution in [0.3, 0.4) is 0 Å². The highest BCUT2D eigenvalue weighted by molar-refractivity contribution is 5.89. The minimum absolute atomic E-state index is 0.130. The summed E-state index contributed by atoms with van der Waals surface area (Å²) in [5.74, 6) is 0.0489. The molecule has 2 aromatic rings. The summed E-state index contributed by atoms with van der Waals surface area (Å²) >= 11 is 0. The molecule has 1 aromatic heterocycles. The van der Waals surface area contributed by atoms with E-state index in [1.165, 1.54) is 11.1 Å². The summed E-state index contributed by atoms with van der Waals surface area (Å²) in [6.07, 6.45) is 11.9. The second kappa shape index (κ2) is 11.9. The molecule has 30 heavy (non-hydrogen) atoms. The van der Waals surface area contributed by atoms with Crippen molar-refractivity contribution in [1.29, 1.82) is 0 Å². The van der Waals surface area contributed by atoms with Crippen molar-refractivity contribution < 1.29 is 19.0 Å². The summed E-state index contributed by atoms with van der Waals surface area (Å²) in [5, 5.41) is 10.7. The normalized spacial score (nSPS) is 11.8. The van der Waals surface area contributed by atoms with E-state index in [0.717, 1.165) is 19.3 Å². The molecule has 0 amide bonds. The van der Waals surface area contributed by atoms with Crippen LogP contribution in [0.15, 0.2) is 62.9 Å². The van der Waals surface area contributed by atoms with Crippen LogP contribution in [-0.2, 0) is 0 Å². The lowest BCUT2D eigenvalue weighted by molar-refractivity contribution is 0.299. The third-order valence-corrected chi connectivity index (χ3v) is 4.52. The van der Waals surface area contributed by atoms with E-state index >= 15 is 0 Å². The smallest absolute Gasteiger partial charge is 0.382 e. The third kappa shape index (κ3) is 6.83. The van der Waals surface area contributed by atoms with Crippen LogP contribution in [0.25, 0.3) is 11.0 Å². The zero-order valence-electron chi connectivity index (χ0n) is 18.4. The highest BCUT2D eigenvalue weighted by Crippen LogP contribution is 2.36. The molecule has 162 valence electrons. The Morgan fingerprint density at radius 1 is 1.10 bits per heavy atom. The number of hydrogen-bond acceptors (Lipinski definition) is 5. The molecule has 1 N–H and O–H groups in total. The Morgan fingerprint density at radius 2 is 1.90 bits per heavy atom. The fraction of sp³-hybridized carbons (Fsp3) is 0.400. The number of aromatic hydroxyl groups is 1. The third-order valence-electron chi connectivity index (χ3n) is 4.52. The molecule has 0 aliphatic heterocycles. The Labute approximate surface area is 178 Å². The highest BCUT2D eigenvalue weighted by Gasteiger charge is 2.18. The molecule has 0 fully saturated rings. The first-order chi connectivity index (χ1) is 14.4. The van der Waals surface area contributed by atoms with Gasteiger partial charge < -0.3 is 19.0 Å². The number of allylic oxidation sites excluding steroid dienone is 4. The van der Waals surface area contributed by atoms with Crippen molar-refractivity contribution in [2.24, 2.45) is 0 Å². The zero-order valence-corrected chi connectivity index (χ0v) is 18.4. The van der Waals surface area contributed by atoms with Gasteiger partial charge in [0, 0.05) is 0 Å². The van der Waals surface area contributed by atoms with Crippen molar-refractivity contribution in [2.45, 2.75) is 53.4 Å². The van der Waals surface area contributed by atoms with E-state index in [4.69, 9.17) is 13.9 Å². The number of ether oxygens (including phenoxy) is 2. The monoisotopic (exact) mass is 412 g/mol. The van der Waals surface area contributed by atoms with Gasteiger partial charge in [-0.3, -0.25) is 0 Å². The molecule has 0 spiro atoms. The molecule has 0 aliphatic rings. The summed E-state index contributed by atoms with van der Waals surface area (Å²) < 4.78 is 16.9. The van der Waals surface area contributed by atoms with Gasteiger partial charge in [0.25, 0.3) is 0 Å². The maximum absolute atomic E-state index is 12.1. The largest absolute Gasteiger partial charge is 0.499 e. The van der Waals surface area contributed by atoms with E-state index in [2.05, 4.69) is 33.8 Å². The Kier molecular flexibility index (Phi) is 9.26. The van der Waals surface area contributed by atoms with E-state index in [-0.39, 0.29) is 11.3 Å². The molecule has 5 nitrogen and oxygen atoms in total. The Balaban J connectivity index is 2.17. The fourth-order valence-corrected chi connectivity index (χ4v) is 2.90. The van der Waals surface area contributed by atoms with Gasteiger partial charge in [-0.15, -0.1) is 0 Å². The van der Waals surface area contributed by atoms with E-state index in [1.807, 2.05) is 18.2 Å². The Hall–Kier alpha value is -2.95. The van der Waals surface area contributed by atoms with Crippen LogP contribution < -0.4 is 15.1 Å². The lowest BCUT2D eigenvalue weighted by atomic mass is 10.1. The summed E-state index contributed by atoms with van der Waals surface area (Å²) in [7, 11) is 0. The highest BCUT2D eigenvalue weighted by atomic mass is 16.5. The lowest BCUT2D eigenvalue weighted by Crippen LogP contribution is -2.05. The van der Waals surface area contributed by atoms with E-state index in [0.29, 0.717) is 30.8 Å². The molecule has 2 rings (SSSR count). The predicted molar refractivity (Wildman–Crippen MR) is 122 cm³/mol. The molecule has 5 heteroatoms. The van der Waals surface area contributed by atoms with Gasteiger partial charge in [0.2, 0.25) is 5.75 Å². The van der Waals surface area contributed by atoms with Crippen LogP contribution in [0.5, 0.6) is 17.2 Å². The SMILES string of the molecule is CC/C=C/CCOc1c(O)c(=O)oc2c(OC/C=C(\C)CCC=C(C)C)cccc12. The van der Waals surface area contributed by atoms with Gasteiger partial charge >= 0.3 is 5.63 Å². The Bertz CT molecular complexity index is 975. The second-order valence-electron chi connectivity index (χ2n) is 7.40. The van der Waals surface area contributed by atoms with Crippen LogP contribution >= 0.6 is 0 Å². The van der Waals surface area contributed by atoms with Crippen molar-refractivity contribution in [3.8, 4) is 17.2 Å². The maximum atomic E-state index is 12.1. The first kappa shape index (κ1) is 23.3. The minimum atomic E-state index is -0.842. The standard InChI is InChI=1S/C25H32O5/c1-5-6-7-8-16-29-24-20-13-10-14-21(23(20)30-25(27)22(24)26)28-17-15-19(4)12-9-11-18(2)3/h6-7,10-11,13-15,26H,5,8-9,12,16-17H2,1-4H3/b7-6+,19-15+. The second-order valence-corrected chi connectivity index (χ2v) is 7.40. The van der Waals surface area contributed by atoms with Gasteiger partial charge in [0.1, 0.15) is 6.61 Å². The van der Waals surface area contributed by atoms with Crippen LogP contribution in [0.2, 0.25) is 0 Å². The molecule has 0 atom stereocenters. The van der Waals surface area contributed by atoms with Gasteiger partial charge in [-0.2, -0.15) is 0 Å². The topological polar surface area (TPSA) is 68.9 Å². The average molecular weight is 413 g/mol. The number of fused-ring (bicyclic) bond motifs is 1. The summed E-state index contributed by atoms with van der Waals surface area (Å²) in [5.41, 5.74) is 1.98.